The minimum absolute atomic E-state index is 0.0504. The average molecular weight is 755 g/mol. The van der Waals surface area contributed by atoms with Gasteiger partial charge in [-0.15, -0.1) is 0 Å². The number of pyridine rings is 1. The molecule has 2 saturated heterocycles. The van der Waals surface area contributed by atoms with Gasteiger partial charge in [0.2, 0.25) is 0 Å². The molecule has 2 aliphatic heterocycles. The number of hydrogen-bond acceptors (Lipinski definition) is 9. The van der Waals surface area contributed by atoms with Crippen LogP contribution in [0.1, 0.15) is 37.6 Å². The number of anilines is 2. The highest BCUT2D eigenvalue weighted by Gasteiger charge is 2.51. The Bertz CT molecular complexity index is 1700. The van der Waals surface area contributed by atoms with Crippen molar-refractivity contribution in [2.45, 2.75) is 44.6 Å². The van der Waals surface area contributed by atoms with Crippen molar-refractivity contribution >= 4 is 46.6 Å². The molecule has 0 radical (unpaired) electrons. The summed E-state index contributed by atoms with van der Waals surface area (Å²) in [5.41, 5.74) is -4.43. The highest BCUT2D eigenvalue weighted by atomic mass is 32.1. The van der Waals surface area contributed by atoms with E-state index in [1.807, 2.05) is 4.90 Å². The van der Waals surface area contributed by atoms with E-state index >= 15 is 0 Å². The van der Waals surface area contributed by atoms with Gasteiger partial charge in [-0.05, 0) is 50.3 Å². The maximum atomic E-state index is 14.8. The molecule has 12 nitrogen and oxygen atoms in total. The topological polar surface area (TPSA) is 151 Å². The Hall–Kier alpha value is -4.68. The lowest BCUT2D eigenvalue weighted by Crippen LogP contribution is -2.48. The Labute approximate surface area is 290 Å². The van der Waals surface area contributed by atoms with E-state index in [-0.39, 0.29) is 35.4 Å². The molecule has 2 aromatic rings. The molecule has 1 aromatic carbocycles. The number of piperazine rings is 1. The third-order valence-electron chi connectivity index (χ3n) is 7.64. The molecule has 2 N–H and O–H groups in total. The summed E-state index contributed by atoms with van der Waals surface area (Å²) in [5, 5.41) is 24.9. The van der Waals surface area contributed by atoms with Crippen LogP contribution in [0.2, 0.25) is 0 Å². The lowest BCUT2D eigenvalue weighted by molar-refractivity contribution is -0.192. The van der Waals surface area contributed by atoms with E-state index in [2.05, 4.69) is 4.98 Å². The van der Waals surface area contributed by atoms with Crippen LogP contribution in [0.4, 0.5) is 46.5 Å². The first-order valence-electron chi connectivity index (χ1n) is 14.7. The smallest absolute Gasteiger partial charge is 0.490 e. The summed E-state index contributed by atoms with van der Waals surface area (Å²) in [6.45, 7) is 6.33. The molecule has 0 atom stereocenters. The predicted molar refractivity (Wildman–Crippen MR) is 166 cm³/mol. The molecule has 0 spiro atoms. The lowest BCUT2D eigenvalue weighted by Gasteiger charge is -2.33. The summed E-state index contributed by atoms with van der Waals surface area (Å²) in [7, 11) is 0. The largest absolute Gasteiger partial charge is 0.492 e. The van der Waals surface area contributed by atoms with E-state index in [4.69, 9.17) is 37.2 Å². The number of ether oxygens (including phenoxy) is 1. The zero-order valence-corrected chi connectivity index (χ0v) is 27.8. The van der Waals surface area contributed by atoms with E-state index in [0.29, 0.717) is 45.7 Å². The van der Waals surface area contributed by atoms with E-state index in [1.54, 1.807) is 4.90 Å². The monoisotopic (exact) mass is 754 g/mol. The molecule has 0 unspecified atom stereocenters. The normalized spacial score (nSPS) is 17.1. The maximum absolute atomic E-state index is 14.8. The van der Waals surface area contributed by atoms with Gasteiger partial charge in [-0.25, -0.2) is 18.6 Å². The number of carboxylic acid groups (broad SMARTS) is 2. The van der Waals surface area contributed by atoms with Gasteiger partial charge in [0.1, 0.15) is 24.0 Å². The number of nitriles is 1. The fourth-order valence-corrected chi connectivity index (χ4v) is 5.63. The molecule has 2 aliphatic rings. The number of nitrogens with zero attached hydrogens (tertiary/aromatic N) is 6. The molecular weight excluding hydrogens is 724 g/mol. The zero-order chi connectivity index (χ0) is 38.7. The highest BCUT2D eigenvalue weighted by Crippen LogP contribution is 2.42. The second kappa shape index (κ2) is 15.3. The molecule has 4 rings (SSSR count). The van der Waals surface area contributed by atoms with Gasteiger partial charge < -0.3 is 19.8 Å². The molecule has 1 aromatic heterocycles. The van der Waals surface area contributed by atoms with Crippen LogP contribution in [0.3, 0.4) is 0 Å². The van der Waals surface area contributed by atoms with Crippen molar-refractivity contribution in [1.82, 2.24) is 14.8 Å². The lowest BCUT2D eigenvalue weighted by atomic mass is 10.0. The third-order valence-corrected chi connectivity index (χ3v) is 8.00. The number of carbonyl (C=O) groups excluding carboxylic acids is 1. The predicted octanol–water partition coefficient (Wildman–Crippen LogP) is 4.71. The van der Waals surface area contributed by atoms with Crippen molar-refractivity contribution in [3.8, 4) is 11.8 Å². The van der Waals surface area contributed by atoms with Crippen LogP contribution in [-0.4, -0.2) is 106 Å². The van der Waals surface area contributed by atoms with Crippen molar-refractivity contribution in [2.24, 2.45) is 0 Å². The van der Waals surface area contributed by atoms with Gasteiger partial charge in [0.25, 0.3) is 11.8 Å². The summed E-state index contributed by atoms with van der Waals surface area (Å²) >= 11 is 5.49. The molecule has 21 heteroatoms. The van der Waals surface area contributed by atoms with Crippen LogP contribution in [-0.2, 0) is 26.5 Å². The van der Waals surface area contributed by atoms with Crippen molar-refractivity contribution < 1.29 is 64.5 Å². The first kappa shape index (κ1) is 40.7. The minimum atomic E-state index is -5.08. The van der Waals surface area contributed by atoms with E-state index in [0.717, 1.165) is 17.2 Å². The molecule has 278 valence electrons. The number of carbonyl (C=O) groups is 3. The molecule has 0 bridgehead atoms. The Morgan fingerprint density at radius 1 is 0.980 bits per heavy atom. The third kappa shape index (κ3) is 9.77. The van der Waals surface area contributed by atoms with Crippen LogP contribution < -0.4 is 14.5 Å². The van der Waals surface area contributed by atoms with Gasteiger partial charge in [0, 0.05) is 45.3 Å². The standard InChI is InChI=1S/C28H29F5N6O4S.C2HF3O2/c1-26(2)24(42)38(18-13-19(28(31,32)33)21(14-34)35-15-18)25(44)39(26)17-4-5-22(20(12-17)27(3,29)30)43-11-10-36-6-8-37(9-7-36)16-23(40)41;3-2(4,5)1(6)7/h4-5,12-13,15H,6-11,16H2,1-3H3,(H,40,41);(H,6,7). The number of hydrogen-bond donors (Lipinski definition) is 2. The van der Waals surface area contributed by atoms with Gasteiger partial charge in [0.05, 0.1) is 29.6 Å². The molecular formula is C30H30F8N6O6S. The fraction of sp³-hybridized carbons (Fsp3) is 0.467. The number of aliphatic carboxylic acids is 2. The Balaban J connectivity index is 0.000000908. The van der Waals surface area contributed by atoms with Crippen molar-refractivity contribution in [3.63, 3.8) is 0 Å². The first-order chi connectivity index (χ1) is 23.4. The Morgan fingerprint density at radius 2 is 1.53 bits per heavy atom. The maximum Gasteiger partial charge on any atom is 0.490 e. The van der Waals surface area contributed by atoms with Gasteiger partial charge in [-0.2, -0.15) is 31.6 Å². The number of aromatic nitrogens is 1. The molecule has 0 aliphatic carbocycles. The SMILES string of the molecule is CC(F)(F)c1cc(N2C(=S)N(c3cnc(C#N)c(C(F)(F)F)c3)C(=O)C2(C)C)ccc1OCCN1CCN(CC(=O)O)CC1.O=C(O)C(F)(F)F. The van der Waals surface area contributed by atoms with Crippen molar-refractivity contribution in [1.29, 1.82) is 5.26 Å². The van der Waals surface area contributed by atoms with Crippen LogP contribution in [0, 0.1) is 11.3 Å². The van der Waals surface area contributed by atoms with E-state index < -0.39 is 58.5 Å². The summed E-state index contributed by atoms with van der Waals surface area (Å²) in [4.78, 5) is 42.8. The summed E-state index contributed by atoms with van der Waals surface area (Å²) in [6, 6.07) is 5.86. The summed E-state index contributed by atoms with van der Waals surface area (Å²) < 4.78 is 108. The van der Waals surface area contributed by atoms with Crippen LogP contribution in [0.25, 0.3) is 0 Å². The van der Waals surface area contributed by atoms with E-state index in [9.17, 15) is 44.7 Å². The summed E-state index contributed by atoms with van der Waals surface area (Å²) in [6.07, 6.45) is -9.09. The second-order valence-electron chi connectivity index (χ2n) is 11.7. The summed E-state index contributed by atoms with van der Waals surface area (Å²) in [5.74, 6) is -7.86. The fourth-order valence-electron chi connectivity index (χ4n) is 5.11. The highest BCUT2D eigenvalue weighted by molar-refractivity contribution is 7.81. The van der Waals surface area contributed by atoms with Crippen LogP contribution >= 0.6 is 12.2 Å². The van der Waals surface area contributed by atoms with Gasteiger partial charge in [0.15, 0.2) is 10.8 Å². The second-order valence-corrected chi connectivity index (χ2v) is 12.1. The van der Waals surface area contributed by atoms with Crippen molar-refractivity contribution in [3.05, 3.63) is 47.3 Å². The number of alkyl halides is 8. The van der Waals surface area contributed by atoms with Gasteiger partial charge >= 0.3 is 24.3 Å². The molecule has 3 heterocycles. The number of thiocarbonyl (C=S) groups is 1. The zero-order valence-electron chi connectivity index (χ0n) is 27.0. The molecule has 2 fully saturated rings. The number of amides is 1. The van der Waals surface area contributed by atoms with E-state index in [1.165, 1.54) is 36.9 Å². The average Bonchev–Trinajstić information content (AvgIpc) is 3.19. The Kier molecular flexibility index (Phi) is 12.2. The number of halogens is 8. The minimum Gasteiger partial charge on any atom is -0.492 e. The van der Waals surface area contributed by atoms with Gasteiger partial charge in [-0.3, -0.25) is 24.3 Å². The molecule has 0 saturated carbocycles. The molecule has 1 amide bonds. The number of benzene rings is 1. The molecule has 51 heavy (non-hydrogen) atoms. The quantitative estimate of drug-likeness (QED) is 0.270. The van der Waals surface area contributed by atoms with Gasteiger partial charge in [-0.1, -0.05) is 0 Å². The number of carboxylic acids is 2. The van der Waals surface area contributed by atoms with Crippen molar-refractivity contribution in [2.75, 3.05) is 55.7 Å². The first-order valence-corrected chi connectivity index (χ1v) is 15.1. The number of rotatable bonds is 9. The Morgan fingerprint density at radius 3 is 2.02 bits per heavy atom. The van der Waals surface area contributed by atoms with Crippen LogP contribution in [0.15, 0.2) is 30.5 Å². The van der Waals surface area contributed by atoms with Crippen LogP contribution in [0.5, 0.6) is 5.75 Å².